The van der Waals surface area contributed by atoms with Crippen LogP contribution in [0.1, 0.15) is 33.6 Å². The quantitative estimate of drug-likeness (QED) is 0.376. The molecule has 0 aliphatic heterocycles. The van der Waals surface area contributed by atoms with Gasteiger partial charge in [-0.2, -0.15) is 0 Å². The number of methoxy groups -OCH3 is 1. The minimum Gasteiger partial charge on any atom is -0.497 e. The first-order chi connectivity index (χ1) is 14.2. The second kappa shape index (κ2) is 8.36. The molecule has 0 saturated heterocycles. The maximum atomic E-state index is 13.2. The molecule has 0 fully saturated rings. The molecule has 3 nitrogen and oxygen atoms in total. The minimum absolute atomic E-state index is 0.188. The van der Waals surface area contributed by atoms with E-state index in [1.807, 2.05) is 42.5 Å². The Morgan fingerprint density at radius 2 is 1.62 bits per heavy atom. The summed E-state index contributed by atoms with van der Waals surface area (Å²) in [6, 6.07) is 26.5. The average Bonchev–Trinajstić information content (AvgIpc) is 3.04. The summed E-state index contributed by atoms with van der Waals surface area (Å²) >= 11 is 0. The maximum Gasteiger partial charge on any atom is 0.165 e. The van der Waals surface area contributed by atoms with Crippen LogP contribution in [0.15, 0.2) is 78.9 Å². The molecule has 0 bridgehead atoms. The van der Waals surface area contributed by atoms with Crippen molar-refractivity contribution in [3.05, 3.63) is 101 Å². The van der Waals surface area contributed by atoms with Crippen molar-refractivity contribution in [2.24, 2.45) is 0 Å². The molecule has 1 heterocycles. The Morgan fingerprint density at radius 1 is 0.897 bits per heavy atom. The molecule has 0 atom stereocenters. The van der Waals surface area contributed by atoms with Gasteiger partial charge in [0.1, 0.15) is 5.75 Å². The van der Waals surface area contributed by atoms with Gasteiger partial charge in [0.2, 0.25) is 0 Å². The van der Waals surface area contributed by atoms with Gasteiger partial charge in [0.25, 0.3) is 0 Å². The van der Waals surface area contributed by atoms with E-state index in [-0.39, 0.29) is 5.78 Å². The highest BCUT2D eigenvalue weighted by molar-refractivity contribution is 6.09. The number of hydrogen-bond donors (Lipinski definition) is 0. The molecule has 3 heteroatoms. The lowest BCUT2D eigenvalue weighted by atomic mass is 10.0. The van der Waals surface area contributed by atoms with Gasteiger partial charge >= 0.3 is 0 Å². The zero-order valence-electron chi connectivity index (χ0n) is 16.9. The van der Waals surface area contributed by atoms with Crippen molar-refractivity contribution in [3.63, 3.8) is 0 Å². The average molecular weight is 383 g/mol. The summed E-state index contributed by atoms with van der Waals surface area (Å²) in [6.45, 7) is 2.82. The number of benzene rings is 3. The van der Waals surface area contributed by atoms with E-state index < -0.39 is 0 Å². The smallest absolute Gasteiger partial charge is 0.165 e. The Morgan fingerprint density at radius 3 is 2.41 bits per heavy atom. The minimum atomic E-state index is 0.188. The van der Waals surface area contributed by atoms with Gasteiger partial charge in [-0.15, -0.1) is 0 Å². The van der Waals surface area contributed by atoms with Gasteiger partial charge in [-0.05, 0) is 42.7 Å². The molecular formula is C26H25NO2. The molecule has 3 aromatic carbocycles. The van der Waals surface area contributed by atoms with Crippen LogP contribution in [0.4, 0.5) is 0 Å². The van der Waals surface area contributed by atoms with Crippen LogP contribution in [0, 0.1) is 6.92 Å². The van der Waals surface area contributed by atoms with Gasteiger partial charge < -0.3 is 9.30 Å². The number of fused-ring (bicyclic) bond motifs is 1. The highest BCUT2D eigenvalue weighted by Gasteiger charge is 2.19. The fourth-order valence-corrected chi connectivity index (χ4v) is 3.96. The first kappa shape index (κ1) is 19.0. The number of para-hydroxylation sites is 1. The number of rotatable bonds is 7. The topological polar surface area (TPSA) is 31.2 Å². The number of carbonyl (C=O) groups excluding carboxylic acids is 1. The lowest BCUT2D eigenvalue weighted by Gasteiger charge is -2.09. The summed E-state index contributed by atoms with van der Waals surface area (Å²) in [5.74, 6) is 1.01. The third-order valence-corrected chi connectivity index (χ3v) is 5.47. The first-order valence-electron chi connectivity index (χ1n) is 9.95. The van der Waals surface area contributed by atoms with E-state index in [1.54, 1.807) is 7.11 Å². The number of ether oxygens (including phenoxy) is 1. The van der Waals surface area contributed by atoms with E-state index in [0.717, 1.165) is 40.0 Å². The van der Waals surface area contributed by atoms with Crippen molar-refractivity contribution >= 4 is 16.7 Å². The molecule has 0 spiro atoms. The molecule has 0 N–H and O–H groups in total. The molecule has 0 aliphatic carbocycles. The Hall–Kier alpha value is -3.33. The van der Waals surface area contributed by atoms with Gasteiger partial charge in [0.15, 0.2) is 5.78 Å². The van der Waals surface area contributed by atoms with Gasteiger partial charge in [0, 0.05) is 35.1 Å². The molecule has 4 aromatic rings. The van der Waals surface area contributed by atoms with Gasteiger partial charge in [-0.25, -0.2) is 0 Å². The second-order valence-corrected chi connectivity index (χ2v) is 7.32. The number of carbonyl (C=O) groups is 1. The van der Waals surface area contributed by atoms with E-state index in [4.69, 9.17) is 4.74 Å². The van der Waals surface area contributed by atoms with Gasteiger partial charge in [0.05, 0.1) is 7.11 Å². The Bertz CT molecular complexity index is 1140. The summed E-state index contributed by atoms with van der Waals surface area (Å²) in [5.41, 5.74) is 5.33. The molecule has 4 rings (SSSR count). The standard InChI is InChI=1S/C26H25NO2/c1-19-26(25(28)16-15-20-11-8-12-22(17-20)29-2)23-13-6-7-14-24(23)27(19)18-21-9-4-3-5-10-21/h3-14,17H,15-16,18H2,1-2H3. The van der Waals surface area contributed by atoms with Crippen molar-refractivity contribution in [1.82, 2.24) is 4.57 Å². The van der Waals surface area contributed by atoms with Crippen LogP contribution in [0.3, 0.4) is 0 Å². The molecule has 29 heavy (non-hydrogen) atoms. The molecule has 146 valence electrons. The van der Waals surface area contributed by atoms with E-state index in [2.05, 4.69) is 47.9 Å². The molecule has 0 amide bonds. The zero-order chi connectivity index (χ0) is 20.2. The zero-order valence-corrected chi connectivity index (χ0v) is 16.9. The molecular weight excluding hydrogens is 358 g/mol. The van der Waals surface area contributed by atoms with Crippen LogP contribution in [0.5, 0.6) is 5.75 Å². The number of hydrogen-bond acceptors (Lipinski definition) is 2. The Balaban J connectivity index is 1.64. The number of aromatic nitrogens is 1. The van der Waals surface area contributed by atoms with Crippen LogP contribution in [-0.2, 0) is 13.0 Å². The van der Waals surface area contributed by atoms with Crippen molar-refractivity contribution in [1.29, 1.82) is 0 Å². The van der Waals surface area contributed by atoms with Crippen LogP contribution in [0.25, 0.3) is 10.9 Å². The largest absolute Gasteiger partial charge is 0.497 e. The summed E-state index contributed by atoms with van der Waals surface area (Å²) in [6.07, 6.45) is 1.18. The van der Waals surface area contributed by atoms with Crippen LogP contribution in [-0.4, -0.2) is 17.5 Å². The number of Topliss-reactive ketones (excluding diaryl/α,β-unsaturated/α-hetero) is 1. The molecule has 0 unspecified atom stereocenters. The normalized spacial score (nSPS) is 11.0. The summed E-state index contributed by atoms with van der Waals surface area (Å²) in [4.78, 5) is 13.2. The predicted octanol–water partition coefficient (Wildman–Crippen LogP) is 5.82. The van der Waals surface area contributed by atoms with Crippen molar-refractivity contribution in [2.45, 2.75) is 26.3 Å². The molecule has 0 aliphatic rings. The van der Waals surface area contributed by atoms with E-state index >= 15 is 0 Å². The lowest BCUT2D eigenvalue weighted by Crippen LogP contribution is -2.06. The first-order valence-corrected chi connectivity index (χ1v) is 9.95. The monoisotopic (exact) mass is 383 g/mol. The predicted molar refractivity (Wildman–Crippen MR) is 118 cm³/mol. The molecule has 0 radical (unpaired) electrons. The maximum absolute atomic E-state index is 13.2. The van der Waals surface area contributed by atoms with E-state index in [9.17, 15) is 4.79 Å². The highest BCUT2D eigenvalue weighted by Crippen LogP contribution is 2.28. The fraction of sp³-hybridized carbons (Fsp3) is 0.192. The van der Waals surface area contributed by atoms with Crippen molar-refractivity contribution in [3.8, 4) is 5.75 Å². The Kier molecular flexibility index (Phi) is 5.48. The van der Waals surface area contributed by atoms with Gasteiger partial charge in [-0.3, -0.25) is 4.79 Å². The SMILES string of the molecule is COc1cccc(CCC(=O)c2c(C)n(Cc3ccccc3)c3ccccc23)c1. The van der Waals surface area contributed by atoms with E-state index in [0.29, 0.717) is 12.8 Å². The molecule has 1 aromatic heterocycles. The van der Waals surface area contributed by atoms with Crippen molar-refractivity contribution in [2.75, 3.05) is 7.11 Å². The fourth-order valence-electron chi connectivity index (χ4n) is 3.96. The third-order valence-electron chi connectivity index (χ3n) is 5.47. The number of aryl methyl sites for hydroxylation is 1. The summed E-state index contributed by atoms with van der Waals surface area (Å²) in [7, 11) is 1.66. The van der Waals surface area contributed by atoms with Crippen LogP contribution < -0.4 is 4.74 Å². The molecule has 0 saturated carbocycles. The second-order valence-electron chi connectivity index (χ2n) is 7.32. The lowest BCUT2D eigenvalue weighted by molar-refractivity contribution is 0.0983. The highest BCUT2D eigenvalue weighted by atomic mass is 16.5. The number of ketones is 1. The van der Waals surface area contributed by atoms with Crippen molar-refractivity contribution < 1.29 is 9.53 Å². The summed E-state index contributed by atoms with van der Waals surface area (Å²) < 4.78 is 7.55. The third kappa shape index (κ3) is 3.95. The van der Waals surface area contributed by atoms with Crippen LogP contribution >= 0.6 is 0 Å². The number of nitrogens with zero attached hydrogens (tertiary/aromatic N) is 1. The van der Waals surface area contributed by atoms with Gasteiger partial charge in [-0.1, -0.05) is 60.7 Å². The Labute approximate surface area is 171 Å². The summed E-state index contributed by atoms with van der Waals surface area (Å²) in [5, 5.41) is 1.04. The van der Waals surface area contributed by atoms with E-state index in [1.165, 1.54) is 5.56 Å². The van der Waals surface area contributed by atoms with Crippen LogP contribution in [0.2, 0.25) is 0 Å².